The molecule has 0 spiro atoms. The molecule has 2 aromatic rings. The number of carbonyl (C=O) groups is 1. The van der Waals surface area contributed by atoms with Crippen molar-refractivity contribution in [3.8, 4) is 0 Å². The predicted molar refractivity (Wildman–Crippen MR) is 104 cm³/mol. The number of aromatic nitrogens is 2. The first kappa shape index (κ1) is 18.4. The molecule has 0 saturated carbocycles. The number of pyridine rings is 1. The summed E-state index contributed by atoms with van der Waals surface area (Å²) in [5.41, 5.74) is 0.525. The van der Waals surface area contributed by atoms with Crippen molar-refractivity contribution in [2.45, 2.75) is 45.3 Å². The Morgan fingerprint density at radius 3 is 2.62 bits per heavy atom. The fraction of sp³-hybridized carbons (Fsp3) is 0.500. The SMILES string of the molecule is CC(C)(C)OC(=O)N1CCC(Nc2ccc(Nc3nccs3)nc2)CC1. The van der Waals surface area contributed by atoms with Crippen molar-refractivity contribution in [2.24, 2.45) is 0 Å². The number of nitrogens with one attached hydrogen (secondary N) is 2. The Labute approximate surface area is 157 Å². The molecule has 3 heterocycles. The van der Waals surface area contributed by atoms with Gasteiger partial charge in [0.1, 0.15) is 11.4 Å². The first-order valence-corrected chi connectivity index (χ1v) is 9.64. The molecule has 26 heavy (non-hydrogen) atoms. The van der Waals surface area contributed by atoms with Crippen LogP contribution in [0.15, 0.2) is 29.9 Å². The smallest absolute Gasteiger partial charge is 0.410 e. The van der Waals surface area contributed by atoms with Crippen molar-refractivity contribution < 1.29 is 9.53 Å². The minimum absolute atomic E-state index is 0.227. The third kappa shape index (κ3) is 5.32. The van der Waals surface area contributed by atoms with E-state index in [-0.39, 0.29) is 6.09 Å². The number of anilines is 3. The fourth-order valence-electron chi connectivity index (χ4n) is 2.72. The molecular weight excluding hydrogens is 350 g/mol. The van der Waals surface area contributed by atoms with E-state index in [0.29, 0.717) is 19.1 Å². The van der Waals surface area contributed by atoms with Crippen LogP contribution in [-0.2, 0) is 4.74 Å². The molecule has 2 aromatic heterocycles. The molecule has 1 fully saturated rings. The molecule has 0 aromatic carbocycles. The average molecular weight is 375 g/mol. The van der Waals surface area contributed by atoms with E-state index in [1.807, 2.05) is 44.5 Å². The topological polar surface area (TPSA) is 79.4 Å². The maximum absolute atomic E-state index is 12.1. The van der Waals surface area contributed by atoms with Gasteiger partial charge in [-0.15, -0.1) is 11.3 Å². The van der Waals surface area contributed by atoms with Crippen molar-refractivity contribution in [1.82, 2.24) is 14.9 Å². The van der Waals surface area contributed by atoms with Gasteiger partial charge in [-0.05, 0) is 45.7 Å². The van der Waals surface area contributed by atoms with E-state index < -0.39 is 5.60 Å². The zero-order chi connectivity index (χ0) is 18.6. The lowest BCUT2D eigenvalue weighted by Gasteiger charge is -2.34. The van der Waals surface area contributed by atoms with Gasteiger partial charge in [-0.2, -0.15) is 0 Å². The Kier molecular flexibility index (Phi) is 5.61. The van der Waals surface area contributed by atoms with Gasteiger partial charge in [0.05, 0.1) is 11.9 Å². The first-order chi connectivity index (χ1) is 12.4. The monoisotopic (exact) mass is 375 g/mol. The van der Waals surface area contributed by atoms with Crippen molar-refractivity contribution in [3.05, 3.63) is 29.9 Å². The standard InChI is InChI=1S/C18H25N5O2S/c1-18(2,3)25-17(24)23-9-6-13(7-10-23)21-14-4-5-15(20-12-14)22-16-19-8-11-26-16/h4-5,8,11-13,21H,6-7,9-10H2,1-3H3,(H,19,20,22). The van der Waals surface area contributed by atoms with Gasteiger partial charge in [-0.3, -0.25) is 0 Å². The second-order valence-corrected chi connectivity index (χ2v) is 8.17. The van der Waals surface area contributed by atoms with Gasteiger partial charge >= 0.3 is 6.09 Å². The van der Waals surface area contributed by atoms with E-state index in [0.717, 1.165) is 29.5 Å². The zero-order valence-corrected chi connectivity index (χ0v) is 16.2. The summed E-state index contributed by atoms with van der Waals surface area (Å²) in [6.45, 7) is 7.06. The molecule has 3 rings (SSSR count). The second kappa shape index (κ2) is 7.90. The van der Waals surface area contributed by atoms with Gasteiger partial charge < -0.3 is 20.3 Å². The summed E-state index contributed by atoms with van der Waals surface area (Å²) in [5, 5.41) is 9.40. The largest absolute Gasteiger partial charge is 0.444 e. The molecule has 1 aliphatic rings. The summed E-state index contributed by atoms with van der Waals surface area (Å²) in [4.78, 5) is 22.5. The summed E-state index contributed by atoms with van der Waals surface area (Å²) in [5.74, 6) is 0.769. The minimum Gasteiger partial charge on any atom is -0.444 e. The van der Waals surface area contributed by atoms with E-state index in [1.54, 1.807) is 11.1 Å². The number of carbonyl (C=O) groups excluding carboxylic acids is 1. The molecule has 2 N–H and O–H groups in total. The van der Waals surface area contributed by atoms with Gasteiger partial charge in [0, 0.05) is 30.7 Å². The zero-order valence-electron chi connectivity index (χ0n) is 15.4. The number of amides is 1. The van der Waals surface area contributed by atoms with Gasteiger partial charge in [0.25, 0.3) is 0 Å². The Hall–Kier alpha value is -2.35. The van der Waals surface area contributed by atoms with E-state index in [1.165, 1.54) is 11.3 Å². The maximum Gasteiger partial charge on any atom is 0.410 e. The molecule has 1 amide bonds. The molecule has 8 heteroatoms. The van der Waals surface area contributed by atoms with E-state index in [2.05, 4.69) is 20.6 Å². The molecule has 0 aliphatic carbocycles. The van der Waals surface area contributed by atoms with Crippen molar-refractivity contribution in [1.29, 1.82) is 0 Å². The summed E-state index contributed by atoms with van der Waals surface area (Å²) in [6.07, 6.45) is 5.12. The highest BCUT2D eigenvalue weighted by molar-refractivity contribution is 7.13. The number of ether oxygens (including phenoxy) is 1. The lowest BCUT2D eigenvalue weighted by atomic mass is 10.1. The number of likely N-dealkylation sites (tertiary alicyclic amines) is 1. The minimum atomic E-state index is -0.452. The summed E-state index contributed by atoms with van der Waals surface area (Å²) in [7, 11) is 0. The number of rotatable bonds is 4. The number of nitrogens with zero attached hydrogens (tertiary/aromatic N) is 3. The van der Waals surface area contributed by atoms with Crippen LogP contribution < -0.4 is 10.6 Å². The molecule has 0 atom stereocenters. The fourth-order valence-corrected chi connectivity index (χ4v) is 3.25. The highest BCUT2D eigenvalue weighted by Crippen LogP contribution is 2.21. The molecular formula is C18H25N5O2S. The Morgan fingerprint density at radius 1 is 1.27 bits per heavy atom. The van der Waals surface area contributed by atoms with Crippen LogP contribution in [0.5, 0.6) is 0 Å². The van der Waals surface area contributed by atoms with E-state index in [4.69, 9.17) is 4.74 Å². The molecule has 0 radical (unpaired) electrons. The number of hydrogen-bond acceptors (Lipinski definition) is 7. The Morgan fingerprint density at radius 2 is 2.04 bits per heavy atom. The van der Waals surface area contributed by atoms with Crippen molar-refractivity contribution >= 4 is 34.1 Å². The second-order valence-electron chi connectivity index (χ2n) is 7.28. The molecule has 1 saturated heterocycles. The lowest BCUT2D eigenvalue weighted by molar-refractivity contribution is 0.0210. The third-order valence-corrected chi connectivity index (χ3v) is 4.64. The highest BCUT2D eigenvalue weighted by atomic mass is 32.1. The molecule has 0 unspecified atom stereocenters. The lowest BCUT2D eigenvalue weighted by Crippen LogP contribution is -2.44. The van der Waals surface area contributed by atoms with Gasteiger partial charge in [0.15, 0.2) is 5.13 Å². The van der Waals surface area contributed by atoms with Crippen LogP contribution in [0.4, 0.5) is 21.4 Å². The highest BCUT2D eigenvalue weighted by Gasteiger charge is 2.26. The normalized spacial score (nSPS) is 15.6. The van der Waals surface area contributed by atoms with Crippen LogP contribution in [0.2, 0.25) is 0 Å². The molecule has 7 nitrogen and oxygen atoms in total. The van der Waals surface area contributed by atoms with Gasteiger partial charge in [0.2, 0.25) is 0 Å². The number of hydrogen-bond donors (Lipinski definition) is 2. The average Bonchev–Trinajstić information content (AvgIpc) is 3.09. The van der Waals surface area contributed by atoms with Crippen molar-refractivity contribution in [2.75, 3.05) is 23.7 Å². The third-order valence-electron chi connectivity index (χ3n) is 3.95. The van der Waals surface area contributed by atoms with Crippen LogP contribution >= 0.6 is 11.3 Å². The van der Waals surface area contributed by atoms with Crippen LogP contribution in [0, 0.1) is 0 Å². The first-order valence-electron chi connectivity index (χ1n) is 8.76. The maximum atomic E-state index is 12.1. The van der Waals surface area contributed by atoms with E-state index >= 15 is 0 Å². The summed E-state index contributed by atoms with van der Waals surface area (Å²) < 4.78 is 5.43. The Bertz CT molecular complexity index is 704. The van der Waals surface area contributed by atoms with Gasteiger partial charge in [-0.25, -0.2) is 14.8 Å². The molecule has 1 aliphatic heterocycles. The predicted octanol–water partition coefficient (Wildman–Crippen LogP) is 4.09. The van der Waals surface area contributed by atoms with Crippen LogP contribution in [0.3, 0.4) is 0 Å². The summed E-state index contributed by atoms with van der Waals surface area (Å²) >= 11 is 1.54. The van der Waals surface area contributed by atoms with Gasteiger partial charge in [-0.1, -0.05) is 0 Å². The molecule has 0 bridgehead atoms. The quantitative estimate of drug-likeness (QED) is 0.838. The van der Waals surface area contributed by atoms with Crippen molar-refractivity contribution in [3.63, 3.8) is 0 Å². The van der Waals surface area contributed by atoms with Crippen LogP contribution in [-0.4, -0.2) is 45.7 Å². The van der Waals surface area contributed by atoms with Crippen LogP contribution in [0.1, 0.15) is 33.6 Å². The number of piperidine rings is 1. The number of thiazole rings is 1. The van der Waals surface area contributed by atoms with Crippen LogP contribution in [0.25, 0.3) is 0 Å². The van der Waals surface area contributed by atoms with E-state index in [9.17, 15) is 4.79 Å². The summed E-state index contributed by atoms with van der Waals surface area (Å²) in [6, 6.07) is 4.26. The molecule has 140 valence electrons. The Balaban J connectivity index is 1.46.